The van der Waals surface area contributed by atoms with Gasteiger partial charge >= 0.3 is 0 Å². The first-order valence-corrected chi connectivity index (χ1v) is 9.02. The Morgan fingerprint density at radius 2 is 1.52 bits per heavy atom. The van der Waals surface area contributed by atoms with Crippen molar-refractivity contribution in [3.63, 3.8) is 0 Å². The van der Waals surface area contributed by atoms with Crippen LogP contribution in [0, 0.1) is 0 Å². The molecule has 0 radical (unpaired) electrons. The van der Waals surface area contributed by atoms with Crippen molar-refractivity contribution in [3.05, 3.63) is 119 Å². The molecule has 0 spiro atoms. The van der Waals surface area contributed by atoms with Gasteiger partial charge in [0.15, 0.2) is 0 Å². The maximum Gasteiger partial charge on any atom is 0.0308 e. The Hall–Kier alpha value is -2.86. The predicted molar refractivity (Wildman–Crippen MR) is 105 cm³/mol. The van der Waals surface area contributed by atoms with Gasteiger partial charge in [-0.2, -0.15) is 0 Å². The Bertz CT molecular complexity index is 990. The zero-order valence-electron chi connectivity index (χ0n) is 14.2. The number of benzene rings is 3. The van der Waals surface area contributed by atoms with E-state index in [-0.39, 0.29) is 0 Å². The van der Waals surface area contributed by atoms with Crippen LogP contribution >= 0.6 is 0 Å². The molecule has 5 rings (SSSR count). The van der Waals surface area contributed by atoms with E-state index >= 15 is 0 Å². The van der Waals surface area contributed by atoms with Crippen molar-refractivity contribution < 1.29 is 0 Å². The second-order valence-corrected chi connectivity index (χ2v) is 6.92. The standard InChI is InChI=1S/C25H20/c1-2-9-18(10-3-1)25(19-11-4-5-12-19)23-16-8-15-22-21-14-7-6-13-20(21)17-24(22)23/h1-11,13-16,25H,12,17H2. The zero-order chi connectivity index (χ0) is 16.6. The second kappa shape index (κ2) is 5.89. The van der Waals surface area contributed by atoms with Gasteiger partial charge in [0.05, 0.1) is 0 Å². The first kappa shape index (κ1) is 14.5. The van der Waals surface area contributed by atoms with Gasteiger partial charge in [-0.1, -0.05) is 96.6 Å². The lowest BCUT2D eigenvalue weighted by Crippen LogP contribution is -2.07. The van der Waals surface area contributed by atoms with Crippen LogP contribution in [-0.2, 0) is 6.42 Å². The van der Waals surface area contributed by atoms with Crippen LogP contribution in [0.25, 0.3) is 11.1 Å². The SMILES string of the molecule is C1=CCC(C(c2ccccc2)c2cccc3c2Cc2ccccc2-3)=C1. The minimum Gasteiger partial charge on any atom is -0.0804 e. The van der Waals surface area contributed by atoms with Crippen molar-refractivity contribution in [1.29, 1.82) is 0 Å². The molecule has 0 amide bonds. The van der Waals surface area contributed by atoms with E-state index in [9.17, 15) is 0 Å². The summed E-state index contributed by atoms with van der Waals surface area (Å²) in [7, 11) is 0. The van der Waals surface area contributed by atoms with Crippen molar-refractivity contribution in [2.24, 2.45) is 0 Å². The monoisotopic (exact) mass is 320 g/mol. The molecule has 1 unspecified atom stereocenters. The molecule has 2 aliphatic carbocycles. The van der Waals surface area contributed by atoms with Crippen LogP contribution in [0.5, 0.6) is 0 Å². The predicted octanol–water partition coefficient (Wildman–Crippen LogP) is 6.28. The number of fused-ring (bicyclic) bond motifs is 3. The summed E-state index contributed by atoms with van der Waals surface area (Å²) in [6.45, 7) is 0. The third-order valence-corrected chi connectivity index (χ3v) is 5.50. The normalized spacial score (nSPS) is 15.6. The Balaban J connectivity index is 1.69. The Kier molecular flexibility index (Phi) is 3.41. The lowest BCUT2D eigenvalue weighted by atomic mass is 9.81. The van der Waals surface area contributed by atoms with Gasteiger partial charge in [0.2, 0.25) is 0 Å². The van der Waals surface area contributed by atoms with Crippen LogP contribution in [0.4, 0.5) is 0 Å². The van der Waals surface area contributed by atoms with Crippen molar-refractivity contribution in [2.75, 3.05) is 0 Å². The number of hydrogen-bond donors (Lipinski definition) is 0. The number of allylic oxidation sites excluding steroid dienone is 4. The molecule has 0 nitrogen and oxygen atoms in total. The summed E-state index contributed by atoms with van der Waals surface area (Å²) in [6, 6.07) is 26.6. The molecule has 0 aliphatic heterocycles. The molecule has 25 heavy (non-hydrogen) atoms. The molecule has 3 aromatic rings. The van der Waals surface area contributed by atoms with Gasteiger partial charge in [-0.05, 0) is 46.2 Å². The summed E-state index contributed by atoms with van der Waals surface area (Å²) < 4.78 is 0. The van der Waals surface area contributed by atoms with Crippen molar-refractivity contribution in [2.45, 2.75) is 18.8 Å². The minimum atomic E-state index is 0.348. The average molecular weight is 320 g/mol. The Labute approximate surface area is 149 Å². The second-order valence-electron chi connectivity index (χ2n) is 6.92. The van der Waals surface area contributed by atoms with Gasteiger partial charge in [-0.3, -0.25) is 0 Å². The molecule has 120 valence electrons. The fraction of sp³-hybridized carbons (Fsp3) is 0.120. The summed E-state index contributed by atoms with van der Waals surface area (Å²) in [5.41, 5.74) is 10.1. The highest BCUT2D eigenvalue weighted by atomic mass is 14.3. The van der Waals surface area contributed by atoms with E-state index in [0.29, 0.717) is 5.92 Å². The molecule has 1 atom stereocenters. The van der Waals surface area contributed by atoms with E-state index in [0.717, 1.165) is 12.8 Å². The highest BCUT2D eigenvalue weighted by Gasteiger charge is 2.27. The van der Waals surface area contributed by atoms with Crippen LogP contribution < -0.4 is 0 Å². The molecule has 2 aliphatic rings. The molecule has 3 aromatic carbocycles. The molecular weight excluding hydrogens is 300 g/mol. The van der Waals surface area contributed by atoms with Crippen molar-refractivity contribution in [3.8, 4) is 11.1 Å². The summed E-state index contributed by atoms with van der Waals surface area (Å²) in [5, 5.41) is 0. The van der Waals surface area contributed by atoms with Crippen molar-refractivity contribution in [1.82, 2.24) is 0 Å². The summed E-state index contributed by atoms with van der Waals surface area (Å²) in [4.78, 5) is 0. The number of rotatable bonds is 3. The third kappa shape index (κ3) is 2.37. The summed E-state index contributed by atoms with van der Waals surface area (Å²) >= 11 is 0. The van der Waals surface area contributed by atoms with E-state index in [1.54, 1.807) is 0 Å². The average Bonchev–Trinajstić information content (AvgIpc) is 3.31. The molecule has 0 saturated heterocycles. The van der Waals surface area contributed by atoms with Crippen LogP contribution in [0.2, 0.25) is 0 Å². The topological polar surface area (TPSA) is 0 Å². The van der Waals surface area contributed by atoms with Gasteiger partial charge in [-0.15, -0.1) is 0 Å². The molecule has 0 heterocycles. The van der Waals surface area contributed by atoms with E-state index in [4.69, 9.17) is 0 Å². The molecular formula is C25H20. The first-order chi connectivity index (χ1) is 12.4. The Morgan fingerprint density at radius 3 is 2.36 bits per heavy atom. The van der Waals surface area contributed by atoms with Crippen LogP contribution in [0.15, 0.2) is 96.6 Å². The maximum absolute atomic E-state index is 2.33. The summed E-state index contributed by atoms with van der Waals surface area (Å²) in [5.74, 6) is 0.348. The van der Waals surface area contributed by atoms with Gasteiger partial charge in [0.1, 0.15) is 0 Å². The van der Waals surface area contributed by atoms with Crippen molar-refractivity contribution >= 4 is 0 Å². The molecule has 0 saturated carbocycles. The van der Waals surface area contributed by atoms with E-state index in [1.807, 2.05) is 0 Å². The van der Waals surface area contributed by atoms with Gasteiger partial charge in [0.25, 0.3) is 0 Å². The lowest BCUT2D eigenvalue weighted by Gasteiger charge is -2.23. The highest BCUT2D eigenvalue weighted by Crippen LogP contribution is 2.44. The highest BCUT2D eigenvalue weighted by molar-refractivity contribution is 5.78. The fourth-order valence-corrected chi connectivity index (χ4v) is 4.37. The van der Waals surface area contributed by atoms with Gasteiger partial charge in [0, 0.05) is 5.92 Å². The van der Waals surface area contributed by atoms with E-state index in [2.05, 4.69) is 91.0 Å². The molecule has 0 heteroatoms. The molecule has 0 N–H and O–H groups in total. The van der Waals surface area contributed by atoms with Crippen LogP contribution in [0.1, 0.15) is 34.6 Å². The molecule has 0 aromatic heterocycles. The summed E-state index contributed by atoms with van der Waals surface area (Å²) in [6.07, 6.45) is 8.87. The number of hydrogen-bond acceptors (Lipinski definition) is 0. The first-order valence-electron chi connectivity index (χ1n) is 9.02. The quantitative estimate of drug-likeness (QED) is 0.417. The zero-order valence-corrected chi connectivity index (χ0v) is 14.2. The van der Waals surface area contributed by atoms with Crippen LogP contribution in [0.3, 0.4) is 0 Å². The van der Waals surface area contributed by atoms with Gasteiger partial charge < -0.3 is 0 Å². The fourth-order valence-electron chi connectivity index (χ4n) is 4.37. The molecule has 0 bridgehead atoms. The smallest absolute Gasteiger partial charge is 0.0308 e. The lowest BCUT2D eigenvalue weighted by molar-refractivity contribution is 0.904. The molecule has 0 fully saturated rings. The van der Waals surface area contributed by atoms with Crippen LogP contribution in [-0.4, -0.2) is 0 Å². The third-order valence-electron chi connectivity index (χ3n) is 5.50. The largest absolute Gasteiger partial charge is 0.0804 e. The minimum absolute atomic E-state index is 0.348. The van der Waals surface area contributed by atoms with Gasteiger partial charge in [-0.25, -0.2) is 0 Å². The Morgan fingerprint density at radius 1 is 0.720 bits per heavy atom. The van der Waals surface area contributed by atoms with E-state index in [1.165, 1.54) is 39.0 Å². The van der Waals surface area contributed by atoms with E-state index < -0.39 is 0 Å². The maximum atomic E-state index is 2.33.